The molecule has 160 valence electrons. The lowest BCUT2D eigenvalue weighted by atomic mass is 10.1. The number of benzene rings is 2. The molecule has 4 aromatic rings. The zero-order valence-corrected chi connectivity index (χ0v) is 18.2. The molecule has 2 aromatic carbocycles. The zero-order valence-electron chi connectivity index (χ0n) is 18.2. The van der Waals surface area contributed by atoms with E-state index in [-0.39, 0.29) is 5.97 Å². The van der Waals surface area contributed by atoms with Gasteiger partial charge < -0.3 is 13.9 Å². The maximum atomic E-state index is 12.0. The van der Waals surface area contributed by atoms with Crippen molar-refractivity contribution in [3.63, 3.8) is 0 Å². The van der Waals surface area contributed by atoms with E-state index in [9.17, 15) is 4.79 Å². The Hall–Kier alpha value is -3.15. The first-order valence-electron chi connectivity index (χ1n) is 11.2. The second-order valence-electron chi connectivity index (χ2n) is 8.43. The van der Waals surface area contributed by atoms with Crippen LogP contribution in [0.5, 0.6) is 0 Å². The van der Waals surface area contributed by atoms with Crippen molar-refractivity contribution in [2.75, 3.05) is 7.11 Å². The van der Waals surface area contributed by atoms with E-state index >= 15 is 0 Å². The Labute approximate surface area is 181 Å². The van der Waals surface area contributed by atoms with E-state index in [2.05, 4.69) is 34.3 Å². The van der Waals surface area contributed by atoms with Gasteiger partial charge in [0.15, 0.2) is 0 Å². The van der Waals surface area contributed by atoms with E-state index < -0.39 is 0 Å². The smallest absolute Gasteiger partial charge is 0.337 e. The minimum absolute atomic E-state index is 0.342. The number of ether oxygens (including phenoxy) is 1. The summed E-state index contributed by atoms with van der Waals surface area (Å²) in [5.41, 5.74) is 5.62. The van der Waals surface area contributed by atoms with Crippen LogP contribution in [0.1, 0.15) is 61.8 Å². The van der Waals surface area contributed by atoms with Gasteiger partial charge in [-0.3, -0.25) is 0 Å². The average Bonchev–Trinajstić information content (AvgIpc) is 3.54. The molecule has 0 radical (unpaired) electrons. The van der Waals surface area contributed by atoms with Crippen LogP contribution in [0.3, 0.4) is 0 Å². The predicted molar refractivity (Wildman–Crippen MR) is 122 cm³/mol. The molecule has 1 fully saturated rings. The van der Waals surface area contributed by atoms with Crippen LogP contribution in [0.25, 0.3) is 33.5 Å². The first kappa shape index (κ1) is 19.8. The normalized spacial score (nSPS) is 14.6. The molecule has 31 heavy (non-hydrogen) atoms. The average molecular weight is 417 g/mol. The monoisotopic (exact) mass is 416 g/mol. The first-order valence-corrected chi connectivity index (χ1v) is 11.2. The van der Waals surface area contributed by atoms with Crippen LogP contribution in [0.4, 0.5) is 0 Å². The number of aryl methyl sites for hydroxylation is 1. The Bertz CT molecular complexity index is 1250. The van der Waals surface area contributed by atoms with Crippen LogP contribution in [0, 0.1) is 0 Å². The summed E-state index contributed by atoms with van der Waals surface area (Å²) in [4.78, 5) is 21.6. The molecule has 0 unspecified atom stereocenters. The number of carbonyl (C=O) groups excluding carboxylic acids is 1. The lowest BCUT2D eigenvalue weighted by Gasteiger charge is -2.12. The minimum Gasteiger partial charge on any atom is -0.465 e. The van der Waals surface area contributed by atoms with Gasteiger partial charge in [-0.25, -0.2) is 14.8 Å². The topological polar surface area (TPSA) is 61.9 Å². The number of nitrogens with zero attached hydrogens (tertiary/aromatic N) is 4. The van der Waals surface area contributed by atoms with Gasteiger partial charge in [-0.05, 0) is 55.7 Å². The second-order valence-corrected chi connectivity index (χ2v) is 8.43. The number of aromatic nitrogens is 4. The number of unbranched alkanes of at least 4 members (excludes halogenated alkanes) is 1. The third-order valence-electron chi connectivity index (χ3n) is 6.46. The number of imidazole rings is 2. The van der Waals surface area contributed by atoms with Gasteiger partial charge in [0.1, 0.15) is 5.82 Å². The van der Waals surface area contributed by atoms with Crippen molar-refractivity contribution >= 4 is 28.0 Å². The molecule has 2 aromatic heterocycles. The van der Waals surface area contributed by atoms with Crippen molar-refractivity contribution in [3.05, 3.63) is 48.3 Å². The molecule has 0 atom stereocenters. The molecule has 0 N–H and O–H groups in total. The highest BCUT2D eigenvalue weighted by atomic mass is 16.5. The van der Waals surface area contributed by atoms with Gasteiger partial charge in [-0.1, -0.05) is 26.2 Å². The summed E-state index contributed by atoms with van der Waals surface area (Å²) in [5.74, 6) is 0.577. The summed E-state index contributed by atoms with van der Waals surface area (Å²) in [6, 6.07) is 12.7. The summed E-state index contributed by atoms with van der Waals surface area (Å²) in [7, 11) is 1.40. The van der Waals surface area contributed by atoms with Crippen molar-refractivity contribution in [2.45, 2.75) is 58.0 Å². The van der Waals surface area contributed by atoms with E-state index in [1.165, 1.54) is 38.3 Å². The Morgan fingerprint density at radius 3 is 2.68 bits per heavy atom. The van der Waals surface area contributed by atoms with Gasteiger partial charge in [0.25, 0.3) is 0 Å². The predicted octanol–water partition coefficient (Wildman–Crippen LogP) is 5.75. The third-order valence-corrected chi connectivity index (χ3v) is 6.46. The van der Waals surface area contributed by atoms with Crippen LogP contribution < -0.4 is 0 Å². The van der Waals surface area contributed by atoms with Crippen LogP contribution in [-0.4, -0.2) is 32.2 Å². The van der Waals surface area contributed by atoms with Crippen molar-refractivity contribution in [1.29, 1.82) is 0 Å². The van der Waals surface area contributed by atoms with Gasteiger partial charge in [-0.15, -0.1) is 0 Å². The van der Waals surface area contributed by atoms with Gasteiger partial charge in [0.05, 0.1) is 41.1 Å². The number of methoxy groups -OCH3 is 1. The van der Waals surface area contributed by atoms with E-state index in [4.69, 9.17) is 14.7 Å². The molecule has 0 spiro atoms. The summed E-state index contributed by atoms with van der Waals surface area (Å²) in [5, 5.41) is 0. The molecule has 0 bridgehead atoms. The van der Waals surface area contributed by atoms with Crippen LogP contribution in [-0.2, 0) is 11.3 Å². The fourth-order valence-electron chi connectivity index (χ4n) is 4.78. The van der Waals surface area contributed by atoms with Gasteiger partial charge >= 0.3 is 5.97 Å². The van der Waals surface area contributed by atoms with Gasteiger partial charge in [0.2, 0.25) is 0 Å². The molecule has 0 amide bonds. The number of hydrogen-bond acceptors (Lipinski definition) is 4. The largest absolute Gasteiger partial charge is 0.465 e. The molecular formula is C25H28N4O2. The number of carbonyl (C=O) groups is 1. The molecule has 1 saturated carbocycles. The van der Waals surface area contributed by atoms with Gasteiger partial charge in [-0.2, -0.15) is 0 Å². The van der Waals surface area contributed by atoms with E-state index in [1.807, 2.05) is 24.5 Å². The van der Waals surface area contributed by atoms with Crippen molar-refractivity contribution in [3.8, 4) is 11.4 Å². The van der Waals surface area contributed by atoms with E-state index in [1.54, 1.807) is 0 Å². The summed E-state index contributed by atoms with van der Waals surface area (Å²) < 4.78 is 9.48. The first-order chi connectivity index (χ1) is 15.2. The van der Waals surface area contributed by atoms with E-state index in [0.29, 0.717) is 11.6 Å². The number of rotatable bonds is 6. The summed E-state index contributed by atoms with van der Waals surface area (Å²) in [6.45, 7) is 3.07. The highest BCUT2D eigenvalue weighted by Gasteiger charge is 2.20. The lowest BCUT2D eigenvalue weighted by molar-refractivity contribution is 0.0601. The second kappa shape index (κ2) is 8.17. The highest BCUT2D eigenvalue weighted by molar-refractivity contribution is 5.94. The Morgan fingerprint density at radius 1 is 1.10 bits per heavy atom. The Kier molecular flexibility index (Phi) is 5.22. The highest BCUT2D eigenvalue weighted by Crippen LogP contribution is 2.34. The molecule has 1 aliphatic carbocycles. The van der Waals surface area contributed by atoms with Crippen molar-refractivity contribution in [1.82, 2.24) is 19.1 Å². The molecular weight excluding hydrogens is 388 g/mol. The molecule has 1 aliphatic rings. The maximum Gasteiger partial charge on any atom is 0.337 e. The SMILES string of the molecule is CCCCn1c(-c2ccc3c(c2)ncn3C2CCCC2)nc2cc(C(=O)OC)ccc21. The summed E-state index contributed by atoms with van der Waals surface area (Å²) in [6.07, 6.45) is 9.24. The maximum absolute atomic E-state index is 12.0. The number of esters is 1. The molecule has 6 nitrogen and oxygen atoms in total. The number of hydrogen-bond donors (Lipinski definition) is 0. The standard InChI is InChI=1S/C25H28N4O2/c1-3-4-13-28-23-12-10-18(25(30)31-2)15-21(23)27-24(28)17-9-11-22-20(14-17)26-16-29(22)19-7-5-6-8-19/h9-12,14-16,19H,3-8,13H2,1-2H3. The molecule has 0 saturated heterocycles. The fourth-order valence-corrected chi connectivity index (χ4v) is 4.78. The Balaban J connectivity index is 1.60. The lowest BCUT2D eigenvalue weighted by Crippen LogP contribution is -2.03. The molecule has 6 heteroatoms. The van der Waals surface area contributed by atoms with Crippen molar-refractivity contribution in [2.24, 2.45) is 0 Å². The molecule has 5 rings (SSSR count). The third kappa shape index (κ3) is 3.50. The van der Waals surface area contributed by atoms with E-state index in [0.717, 1.165) is 47.3 Å². The minimum atomic E-state index is -0.342. The van der Waals surface area contributed by atoms with Crippen molar-refractivity contribution < 1.29 is 9.53 Å². The van der Waals surface area contributed by atoms with Crippen LogP contribution in [0.2, 0.25) is 0 Å². The molecule has 2 heterocycles. The van der Waals surface area contributed by atoms with Crippen LogP contribution in [0.15, 0.2) is 42.7 Å². The zero-order chi connectivity index (χ0) is 21.4. The quantitative estimate of drug-likeness (QED) is 0.375. The fraction of sp³-hybridized carbons (Fsp3) is 0.400. The van der Waals surface area contributed by atoms with Crippen LogP contribution >= 0.6 is 0 Å². The number of fused-ring (bicyclic) bond motifs is 2. The molecule has 0 aliphatic heterocycles. The van der Waals surface area contributed by atoms with Gasteiger partial charge in [0, 0.05) is 18.2 Å². The Morgan fingerprint density at radius 2 is 1.90 bits per heavy atom. The summed E-state index contributed by atoms with van der Waals surface area (Å²) >= 11 is 0.